The summed E-state index contributed by atoms with van der Waals surface area (Å²) < 4.78 is 11.8. The van der Waals surface area contributed by atoms with Gasteiger partial charge in [0.25, 0.3) is 5.91 Å². The fraction of sp³-hybridized carbons (Fsp3) is 0.259. The first-order valence-corrected chi connectivity index (χ1v) is 10.9. The fourth-order valence-corrected chi connectivity index (χ4v) is 3.38. The van der Waals surface area contributed by atoms with Crippen molar-refractivity contribution >= 4 is 17.0 Å². The standard InChI is InChI=1S/C27H28N2O3/c1-5-19(4)31-23-8-6-7-22(15-23)26(30)28-16-20-9-11-21(12-10-20)27-29-24-13-17(2)18(3)14-25(24)32-27/h6-15,19H,5,16H2,1-4H3,(H,28,30)/t19-/m0/s1. The van der Waals surface area contributed by atoms with E-state index in [0.29, 0.717) is 23.7 Å². The molecule has 5 heteroatoms. The minimum atomic E-state index is -0.131. The lowest BCUT2D eigenvalue weighted by Crippen LogP contribution is -2.22. The normalized spacial score (nSPS) is 12.0. The molecule has 1 aromatic heterocycles. The van der Waals surface area contributed by atoms with Crippen molar-refractivity contribution in [3.63, 3.8) is 0 Å². The van der Waals surface area contributed by atoms with Gasteiger partial charge in [-0.05, 0) is 86.3 Å². The zero-order chi connectivity index (χ0) is 22.7. The number of carbonyl (C=O) groups excluding carboxylic acids is 1. The molecule has 164 valence electrons. The summed E-state index contributed by atoms with van der Waals surface area (Å²) >= 11 is 0. The van der Waals surface area contributed by atoms with E-state index in [0.717, 1.165) is 28.6 Å². The van der Waals surface area contributed by atoms with Gasteiger partial charge in [0.2, 0.25) is 5.89 Å². The van der Waals surface area contributed by atoms with E-state index in [1.807, 2.05) is 55.5 Å². The van der Waals surface area contributed by atoms with E-state index in [1.165, 1.54) is 11.1 Å². The molecular weight excluding hydrogens is 400 g/mol. The number of aryl methyl sites for hydroxylation is 2. The van der Waals surface area contributed by atoms with Crippen molar-refractivity contribution in [2.45, 2.75) is 46.8 Å². The SMILES string of the molecule is CC[C@H](C)Oc1cccc(C(=O)NCc2ccc(-c3nc4cc(C)c(C)cc4o3)cc2)c1. The van der Waals surface area contributed by atoms with Crippen molar-refractivity contribution in [3.8, 4) is 17.2 Å². The smallest absolute Gasteiger partial charge is 0.251 e. The summed E-state index contributed by atoms with van der Waals surface area (Å²) in [6, 6.07) is 19.2. The zero-order valence-electron chi connectivity index (χ0n) is 18.9. The summed E-state index contributed by atoms with van der Waals surface area (Å²) in [5, 5.41) is 2.97. The largest absolute Gasteiger partial charge is 0.491 e. The number of aromatic nitrogens is 1. The van der Waals surface area contributed by atoms with Gasteiger partial charge in [-0.1, -0.05) is 25.1 Å². The van der Waals surface area contributed by atoms with Crippen LogP contribution in [0.1, 0.15) is 47.3 Å². The average Bonchev–Trinajstić information content (AvgIpc) is 3.20. The highest BCUT2D eigenvalue weighted by Crippen LogP contribution is 2.26. The number of hydrogen-bond donors (Lipinski definition) is 1. The first kappa shape index (κ1) is 21.6. The van der Waals surface area contributed by atoms with Crippen molar-refractivity contribution in [1.29, 1.82) is 0 Å². The Hall–Kier alpha value is -3.60. The molecule has 1 heterocycles. The highest BCUT2D eigenvalue weighted by molar-refractivity contribution is 5.94. The molecule has 0 aliphatic carbocycles. The van der Waals surface area contributed by atoms with Gasteiger partial charge in [0.15, 0.2) is 5.58 Å². The number of fused-ring (bicyclic) bond motifs is 1. The molecule has 0 aliphatic heterocycles. The van der Waals surface area contributed by atoms with Crippen molar-refractivity contribution in [2.24, 2.45) is 0 Å². The molecule has 4 aromatic rings. The second kappa shape index (κ2) is 9.27. The van der Waals surface area contributed by atoms with Gasteiger partial charge in [0.1, 0.15) is 11.3 Å². The number of rotatable bonds is 7. The van der Waals surface area contributed by atoms with Gasteiger partial charge in [-0.25, -0.2) is 4.98 Å². The molecule has 0 unspecified atom stereocenters. The molecule has 0 spiro atoms. The van der Waals surface area contributed by atoms with Crippen molar-refractivity contribution in [2.75, 3.05) is 0 Å². The molecule has 0 radical (unpaired) electrons. The van der Waals surface area contributed by atoms with Gasteiger partial charge in [0, 0.05) is 17.7 Å². The maximum atomic E-state index is 12.6. The van der Waals surface area contributed by atoms with Gasteiger partial charge < -0.3 is 14.5 Å². The van der Waals surface area contributed by atoms with Gasteiger partial charge in [0.05, 0.1) is 6.10 Å². The molecule has 32 heavy (non-hydrogen) atoms. The number of oxazole rings is 1. The second-order valence-electron chi connectivity index (χ2n) is 8.17. The Labute approximate surface area is 188 Å². The zero-order valence-corrected chi connectivity index (χ0v) is 18.9. The Morgan fingerprint density at radius 1 is 1.06 bits per heavy atom. The van der Waals surface area contributed by atoms with Crippen LogP contribution in [-0.2, 0) is 6.54 Å². The van der Waals surface area contributed by atoms with Crippen LogP contribution in [-0.4, -0.2) is 17.0 Å². The minimum absolute atomic E-state index is 0.112. The molecule has 1 N–H and O–H groups in total. The van der Waals surface area contributed by atoms with Crippen LogP contribution in [0, 0.1) is 13.8 Å². The Bertz CT molecular complexity index is 1200. The van der Waals surface area contributed by atoms with Crippen LogP contribution >= 0.6 is 0 Å². The average molecular weight is 429 g/mol. The molecule has 0 fully saturated rings. The third-order valence-electron chi connectivity index (χ3n) is 5.67. The lowest BCUT2D eigenvalue weighted by Gasteiger charge is -2.13. The summed E-state index contributed by atoms with van der Waals surface area (Å²) in [6.07, 6.45) is 1.02. The molecule has 0 aliphatic rings. The van der Waals surface area contributed by atoms with E-state index in [4.69, 9.17) is 9.15 Å². The van der Waals surface area contributed by atoms with Crippen LogP contribution in [0.5, 0.6) is 5.75 Å². The Morgan fingerprint density at radius 3 is 2.56 bits per heavy atom. The lowest BCUT2D eigenvalue weighted by atomic mass is 10.1. The van der Waals surface area contributed by atoms with E-state index in [9.17, 15) is 4.79 Å². The minimum Gasteiger partial charge on any atom is -0.491 e. The predicted octanol–water partition coefficient (Wildman–Crippen LogP) is 6.22. The Kier molecular flexibility index (Phi) is 6.26. The topological polar surface area (TPSA) is 64.4 Å². The molecule has 0 bridgehead atoms. The Balaban J connectivity index is 1.41. The number of ether oxygens (including phenoxy) is 1. The van der Waals surface area contributed by atoms with E-state index in [1.54, 1.807) is 12.1 Å². The molecule has 0 saturated carbocycles. The molecule has 1 atom stereocenters. The summed E-state index contributed by atoms with van der Waals surface area (Å²) in [7, 11) is 0. The maximum Gasteiger partial charge on any atom is 0.251 e. The van der Waals surface area contributed by atoms with E-state index in [2.05, 4.69) is 31.1 Å². The van der Waals surface area contributed by atoms with Gasteiger partial charge in [-0.3, -0.25) is 4.79 Å². The van der Waals surface area contributed by atoms with E-state index < -0.39 is 0 Å². The number of nitrogens with zero attached hydrogens (tertiary/aromatic N) is 1. The number of amides is 1. The van der Waals surface area contributed by atoms with Gasteiger partial charge >= 0.3 is 0 Å². The first-order valence-electron chi connectivity index (χ1n) is 10.9. The summed E-state index contributed by atoms with van der Waals surface area (Å²) in [6.45, 7) is 8.65. The summed E-state index contributed by atoms with van der Waals surface area (Å²) in [4.78, 5) is 17.2. The maximum absolute atomic E-state index is 12.6. The van der Waals surface area contributed by atoms with Crippen molar-refractivity contribution in [1.82, 2.24) is 10.3 Å². The number of carbonyl (C=O) groups is 1. The van der Waals surface area contributed by atoms with E-state index in [-0.39, 0.29) is 12.0 Å². The van der Waals surface area contributed by atoms with Crippen molar-refractivity contribution in [3.05, 3.63) is 82.9 Å². The van der Waals surface area contributed by atoms with Gasteiger partial charge in [-0.2, -0.15) is 0 Å². The third kappa shape index (κ3) is 4.83. The van der Waals surface area contributed by atoms with Crippen LogP contribution < -0.4 is 10.1 Å². The third-order valence-corrected chi connectivity index (χ3v) is 5.67. The van der Waals surface area contributed by atoms with Crippen LogP contribution in [0.3, 0.4) is 0 Å². The number of hydrogen-bond acceptors (Lipinski definition) is 4. The number of benzene rings is 3. The number of nitrogens with one attached hydrogen (secondary N) is 1. The van der Waals surface area contributed by atoms with Crippen molar-refractivity contribution < 1.29 is 13.9 Å². The monoisotopic (exact) mass is 428 g/mol. The molecule has 1 amide bonds. The van der Waals surface area contributed by atoms with Crippen LogP contribution in [0.15, 0.2) is 65.1 Å². The van der Waals surface area contributed by atoms with E-state index >= 15 is 0 Å². The predicted molar refractivity (Wildman–Crippen MR) is 127 cm³/mol. The lowest BCUT2D eigenvalue weighted by molar-refractivity contribution is 0.0950. The van der Waals surface area contributed by atoms with Crippen LogP contribution in [0.2, 0.25) is 0 Å². The molecule has 5 nitrogen and oxygen atoms in total. The second-order valence-corrected chi connectivity index (χ2v) is 8.17. The van der Waals surface area contributed by atoms with Crippen LogP contribution in [0.4, 0.5) is 0 Å². The molecule has 4 rings (SSSR count). The quantitative estimate of drug-likeness (QED) is 0.380. The molecule has 3 aromatic carbocycles. The van der Waals surface area contributed by atoms with Crippen LogP contribution in [0.25, 0.3) is 22.6 Å². The highest BCUT2D eigenvalue weighted by atomic mass is 16.5. The summed E-state index contributed by atoms with van der Waals surface area (Å²) in [5.74, 6) is 1.17. The molecule has 0 saturated heterocycles. The Morgan fingerprint density at radius 2 is 1.81 bits per heavy atom. The highest BCUT2D eigenvalue weighted by Gasteiger charge is 2.11. The first-order chi connectivity index (χ1) is 15.4. The fourth-order valence-electron chi connectivity index (χ4n) is 3.38. The summed E-state index contributed by atoms with van der Waals surface area (Å²) in [5.41, 5.74) is 6.51. The molecular formula is C27H28N2O3. The van der Waals surface area contributed by atoms with Gasteiger partial charge in [-0.15, -0.1) is 0 Å².